The van der Waals surface area contributed by atoms with E-state index in [9.17, 15) is 0 Å². The second-order valence-electron chi connectivity index (χ2n) is 6.55. The molecule has 25 heavy (non-hydrogen) atoms. The number of hydrogen-bond donors (Lipinski definition) is 0. The molecule has 0 saturated heterocycles. The summed E-state index contributed by atoms with van der Waals surface area (Å²) in [5.74, 6) is 1.64. The monoisotopic (exact) mass is 362 g/mol. The van der Waals surface area contributed by atoms with Crippen LogP contribution >= 0.6 is 11.6 Å². The fourth-order valence-electron chi connectivity index (χ4n) is 2.96. The Hall–Kier alpha value is -1.41. The molecule has 0 N–H and O–H groups in total. The zero-order chi connectivity index (χ0) is 17.9. The van der Waals surface area contributed by atoms with Gasteiger partial charge in [0.15, 0.2) is 0 Å². The van der Waals surface area contributed by atoms with Gasteiger partial charge in [0.25, 0.3) is 0 Å². The van der Waals surface area contributed by atoms with Crippen molar-refractivity contribution in [2.45, 2.75) is 65.2 Å². The highest BCUT2D eigenvalue weighted by atomic mass is 35.5. The van der Waals surface area contributed by atoms with Crippen molar-refractivity contribution in [2.75, 3.05) is 13.2 Å². The molecule has 0 aliphatic rings. The van der Waals surface area contributed by atoms with Crippen LogP contribution in [0.4, 0.5) is 0 Å². The van der Waals surface area contributed by atoms with Gasteiger partial charge in [-0.05, 0) is 30.4 Å². The van der Waals surface area contributed by atoms with Crippen molar-refractivity contribution in [1.29, 1.82) is 0 Å². The first-order valence-electron chi connectivity index (χ1n) is 9.74. The van der Waals surface area contributed by atoms with Crippen LogP contribution in [0.1, 0.15) is 65.2 Å². The van der Waals surface area contributed by atoms with Gasteiger partial charge < -0.3 is 9.47 Å². The first-order valence-corrected chi connectivity index (χ1v) is 10.1. The largest absolute Gasteiger partial charge is 0.493 e. The smallest absolute Gasteiger partial charge is 0.149 e. The van der Waals surface area contributed by atoms with Gasteiger partial charge >= 0.3 is 0 Å². The Labute approximate surface area is 157 Å². The van der Waals surface area contributed by atoms with Crippen LogP contribution in [0, 0.1) is 0 Å². The maximum Gasteiger partial charge on any atom is 0.149 e. The van der Waals surface area contributed by atoms with Crippen LogP contribution in [0.2, 0.25) is 5.02 Å². The van der Waals surface area contributed by atoms with Gasteiger partial charge in [-0.15, -0.1) is 0 Å². The lowest BCUT2D eigenvalue weighted by Gasteiger charge is -2.15. The summed E-state index contributed by atoms with van der Waals surface area (Å²) in [4.78, 5) is 0. The first kappa shape index (κ1) is 19.9. The third-order valence-electron chi connectivity index (χ3n) is 4.41. The minimum Gasteiger partial charge on any atom is -0.493 e. The van der Waals surface area contributed by atoms with E-state index < -0.39 is 0 Å². The lowest BCUT2D eigenvalue weighted by atomic mass is 10.1. The molecule has 0 atom stereocenters. The molecule has 0 spiro atoms. The fourth-order valence-corrected chi connectivity index (χ4v) is 3.18. The maximum atomic E-state index is 6.44. The predicted molar refractivity (Wildman–Crippen MR) is 108 cm³/mol. The normalized spacial score (nSPS) is 11.0. The lowest BCUT2D eigenvalue weighted by molar-refractivity contribution is 0.298. The van der Waals surface area contributed by atoms with Crippen molar-refractivity contribution >= 4 is 22.4 Å². The van der Waals surface area contributed by atoms with Crippen LogP contribution < -0.4 is 9.47 Å². The number of halogens is 1. The molecule has 0 radical (unpaired) electrons. The lowest BCUT2D eigenvalue weighted by Crippen LogP contribution is -2.01. The van der Waals surface area contributed by atoms with E-state index in [1.165, 1.54) is 38.5 Å². The third-order valence-corrected chi connectivity index (χ3v) is 4.71. The summed E-state index contributed by atoms with van der Waals surface area (Å²) in [5.41, 5.74) is 0. The van der Waals surface area contributed by atoms with E-state index in [1.807, 2.05) is 24.3 Å². The van der Waals surface area contributed by atoms with Crippen molar-refractivity contribution in [3.63, 3.8) is 0 Å². The summed E-state index contributed by atoms with van der Waals surface area (Å²) < 4.78 is 12.1. The predicted octanol–water partition coefficient (Wildman–Crippen LogP) is 7.41. The Balaban J connectivity index is 2.11. The average molecular weight is 363 g/mol. The van der Waals surface area contributed by atoms with E-state index in [4.69, 9.17) is 21.1 Å². The van der Waals surface area contributed by atoms with Crippen molar-refractivity contribution in [3.8, 4) is 11.5 Å². The summed E-state index contributed by atoms with van der Waals surface area (Å²) in [5, 5.41) is 2.77. The molecule has 2 rings (SSSR count). The Morgan fingerprint density at radius 2 is 1.44 bits per heavy atom. The topological polar surface area (TPSA) is 18.5 Å². The van der Waals surface area contributed by atoms with Crippen LogP contribution in [0.25, 0.3) is 10.8 Å². The van der Waals surface area contributed by atoms with Gasteiger partial charge in [-0.25, -0.2) is 0 Å². The number of unbranched alkanes of at least 4 members (excludes halogenated alkanes) is 6. The molecule has 0 amide bonds. The summed E-state index contributed by atoms with van der Waals surface area (Å²) in [6.45, 7) is 5.87. The molecule has 0 saturated carbocycles. The summed E-state index contributed by atoms with van der Waals surface area (Å²) in [7, 11) is 0. The number of benzene rings is 2. The zero-order valence-corrected chi connectivity index (χ0v) is 16.4. The Morgan fingerprint density at radius 3 is 2.12 bits per heavy atom. The van der Waals surface area contributed by atoms with Crippen molar-refractivity contribution in [1.82, 2.24) is 0 Å². The Morgan fingerprint density at radius 1 is 0.760 bits per heavy atom. The molecule has 0 heterocycles. The van der Waals surface area contributed by atoms with Gasteiger partial charge in [-0.3, -0.25) is 0 Å². The second-order valence-corrected chi connectivity index (χ2v) is 6.96. The molecule has 0 aromatic heterocycles. The number of hydrogen-bond acceptors (Lipinski definition) is 2. The van der Waals surface area contributed by atoms with E-state index >= 15 is 0 Å². The van der Waals surface area contributed by atoms with E-state index in [0.717, 1.165) is 41.7 Å². The van der Waals surface area contributed by atoms with Gasteiger partial charge in [-0.1, -0.05) is 82.2 Å². The molecule has 0 aliphatic carbocycles. The molecule has 0 bridgehead atoms. The summed E-state index contributed by atoms with van der Waals surface area (Å²) in [6.07, 6.45) is 9.52. The Bertz CT molecular complexity index is 639. The number of ether oxygens (including phenoxy) is 2. The van der Waals surface area contributed by atoms with Crippen LogP contribution in [0.15, 0.2) is 30.3 Å². The number of rotatable bonds is 12. The third kappa shape index (κ3) is 6.11. The van der Waals surface area contributed by atoms with Gasteiger partial charge in [0.2, 0.25) is 0 Å². The molecule has 3 heteroatoms. The summed E-state index contributed by atoms with van der Waals surface area (Å²) >= 11 is 6.44. The van der Waals surface area contributed by atoms with Gasteiger partial charge in [0, 0.05) is 0 Å². The van der Waals surface area contributed by atoms with Crippen LogP contribution in [-0.4, -0.2) is 13.2 Å². The average Bonchev–Trinajstić information content (AvgIpc) is 2.63. The SMILES string of the molecule is CCCCCCOc1cccc2ccc(Cl)c(OCCCCCC)c12. The van der Waals surface area contributed by atoms with Crippen molar-refractivity contribution < 1.29 is 9.47 Å². The number of fused-ring (bicyclic) bond motifs is 1. The van der Waals surface area contributed by atoms with E-state index in [-0.39, 0.29) is 0 Å². The maximum absolute atomic E-state index is 6.44. The fraction of sp³-hybridized carbons (Fsp3) is 0.545. The summed E-state index contributed by atoms with van der Waals surface area (Å²) in [6, 6.07) is 10.1. The quantitative estimate of drug-likeness (QED) is 0.366. The molecule has 0 unspecified atom stereocenters. The van der Waals surface area contributed by atoms with Gasteiger partial charge in [-0.2, -0.15) is 0 Å². The highest BCUT2D eigenvalue weighted by Gasteiger charge is 2.13. The molecule has 138 valence electrons. The van der Waals surface area contributed by atoms with E-state index in [0.29, 0.717) is 11.6 Å². The molecule has 2 aromatic carbocycles. The molecule has 0 fully saturated rings. The van der Waals surface area contributed by atoms with Crippen molar-refractivity contribution in [2.24, 2.45) is 0 Å². The van der Waals surface area contributed by atoms with Gasteiger partial charge in [0.05, 0.1) is 23.6 Å². The minimum atomic E-state index is 0.657. The highest BCUT2D eigenvalue weighted by Crippen LogP contribution is 2.39. The molecule has 2 nitrogen and oxygen atoms in total. The molecular weight excluding hydrogens is 332 g/mol. The first-order chi connectivity index (χ1) is 12.3. The standard InChI is InChI=1S/C22H31ClO2/c1-3-5-7-9-16-24-20-13-11-12-18-14-15-19(23)22(21(18)20)25-17-10-8-6-4-2/h11-15H,3-10,16-17H2,1-2H3. The zero-order valence-electron chi connectivity index (χ0n) is 15.7. The van der Waals surface area contributed by atoms with Crippen LogP contribution in [0.3, 0.4) is 0 Å². The molecule has 0 aliphatic heterocycles. The second kappa shape index (κ2) is 11.3. The van der Waals surface area contributed by atoms with Crippen molar-refractivity contribution in [3.05, 3.63) is 35.4 Å². The van der Waals surface area contributed by atoms with Crippen LogP contribution in [-0.2, 0) is 0 Å². The highest BCUT2D eigenvalue weighted by molar-refractivity contribution is 6.33. The Kier molecular flexibility index (Phi) is 8.96. The van der Waals surface area contributed by atoms with Crippen LogP contribution in [0.5, 0.6) is 11.5 Å². The molecule has 2 aromatic rings. The van der Waals surface area contributed by atoms with E-state index in [1.54, 1.807) is 0 Å². The molecular formula is C22H31ClO2. The minimum absolute atomic E-state index is 0.657. The van der Waals surface area contributed by atoms with E-state index in [2.05, 4.69) is 19.9 Å². The van der Waals surface area contributed by atoms with Gasteiger partial charge in [0.1, 0.15) is 11.5 Å².